The predicted molar refractivity (Wildman–Crippen MR) is 108 cm³/mol. The maximum Gasteiger partial charge on any atom is 0.405 e. The van der Waals surface area contributed by atoms with E-state index in [0.29, 0.717) is 16.9 Å². The maximum absolute atomic E-state index is 12.3. The number of halogens is 3. The van der Waals surface area contributed by atoms with Crippen molar-refractivity contribution in [3.63, 3.8) is 0 Å². The molecule has 10 heteroatoms. The van der Waals surface area contributed by atoms with E-state index < -0.39 is 18.6 Å². The van der Waals surface area contributed by atoms with Crippen LogP contribution in [0.3, 0.4) is 0 Å². The molecule has 1 aromatic carbocycles. The first kappa shape index (κ1) is 22.5. The molecular formula is C20H25F3N4O2S. The summed E-state index contributed by atoms with van der Waals surface area (Å²) in [6.45, 7) is 0.849. The smallest absolute Gasteiger partial charge is 0.405 e. The van der Waals surface area contributed by atoms with E-state index in [2.05, 4.69) is 17.1 Å². The van der Waals surface area contributed by atoms with Gasteiger partial charge >= 0.3 is 6.18 Å². The van der Waals surface area contributed by atoms with E-state index in [1.165, 1.54) is 6.42 Å². The van der Waals surface area contributed by atoms with Gasteiger partial charge in [-0.15, -0.1) is 10.2 Å². The second-order valence-electron chi connectivity index (χ2n) is 7.41. The van der Waals surface area contributed by atoms with Crippen LogP contribution in [0.5, 0.6) is 5.75 Å². The minimum absolute atomic E-state index is 0.155. The van der Waals surface area contributed by atoms with Gasteiger partial charge < -0.3 is 10.1 Å². The molecule has 1 saturated carbocycles. The quantitative estimate of drug-likeness (QED) is 0.641. The van der Waals surface area contributed by atoms with Crippen LogP contribution in [0.15, 0.2) is 29.4 Å². The van der Waals surface area contributed by atoms with Gasteiger partial charge in [-0.25, -0.2) is 0 Å². The van der Waals surface area contributed by atoms with Gasteiger partial charge in [0.1, 0.15) is 12.3 Å². The third-order valence-electron chi connectivity index (χ3n) is 5.23. The van der Waals surface area contributed by atoms with Gasteiger partial charge in [-0.1, -0.05) is 31.5 Å². The summed E-state index contributed by atoms with van der Waals surface area (Å²) in [5.74, 6) is 0.985. The zero-order valence-corrected chi connectivity index (χ0v) is 17.7. The molecule has 0 radical (unpaired) electrons. The fraction of sp³-hybridized carbons (Fsp3) is 0.550. The number of thioether (sulfide) groups is 1. The first-order chi connectivity index (χ1) is 14.3. The number of nitrogens with zero attached hydrogens (tertiary/aromatic N) is 3. The zero-order valence-electron chi connectivity index (χ0n) is 16.9. The van der Waals surface area contributed by atoms with Gasteiger partial charge in [-0.2, -0.15) is 13.2 Å². The Bertz CT molecular complexity index is 855. The number of ether oxygens (including phenoxy) is 1. The van der Waals surface area contributed by atoms with Crippen molar-refractivity contribution in [1.82, 2.24) is 20.1 Å². The number of methoxy groups -OCH3 is 1. The Hall–Kier alpha value is -2.23. The largest absolute Gasteiger partial charge is 0.497 e. The molecule has 0 bridgehead atoms. The van der Waals surface area contributed by atoms with E-state index in [0.717, 1.165) is 42.3 Å². The highest BCUT2D eigenvalue weighted by Gasteiger charge is 2.30. The number of hydrogen-bond donors (Lipinski definition) is 1. The molecule has 0 spiro atoms. The lowest BCUT2D eigenvalue weighted by atomic mass is 9.85. The Morgan fingerprint density at radius 2 is 1.93 bits per heavy atom. The van der Waals surface area contributed by atoms with Crippen LogP contribution in [0.1, 0.15) is 38.6 Å². The summed E-state index contributed by atoms with van der Waals surface area (Å²) in [6, 6.07) is 7.66. The molecule has 0 saturated heterocycles. The third-order valence-corrected chi connectivity index (χ3v) is 6.17. The summed E-state index contributed by atoms with van der Waals surface area (Å²) in [6.07, 6.45) is -0.123. The fourth-order valence-corrected chi connectivity index (χ4v) is 4.49. The highest BCUT2D eigenvalue weighted by molar-refractivity contribution is 7.99. The Morgan fingerprint density at radius 3 is 2.57 bits per heavy atom. The van der Waals surface area contributed by atoms with Gasteiger partial charge in [-0.05, 0) is 43.0 Å². The lowest BCUT2D eigenvalue weighted by Gasteiger charge is -2.31. The Morgan fingerprint density at radius 1 is 1.23 bits per heavy atom. The van der Waals surface area contributed by atoms with Gasteiger partial charge in [0.15, 0.2) is 11.0 Å². The molecule has 2 atom stereocenters. The summed E-state index contributed by atoms with van der Waals surface area (Å²) in [5, 5.41) is 11.1. The van der Waals surface area contributed by atoms with Gasteiger partial charge in [0.05, 0.1) is 12.9 Å². The molecular weight excluding hydrogens is 417 g/mol. The van der Waals surface area contributed by atoms with E-state index in [1.54, 1.807) is 7.11 Å². The number of alkyl halides is 3. The molecule has 1 aliphatic carbocycles. The third kappa shape index (κ3) is 5.68. The predicted octanol–water partition coefficient (Wildman–Crippen LogP) is 4.48. The standard InChI is InChI=1S/C20H25F3N4O2S/c1-13-5-3-4-6-16(13)27-18(14-7-9-15(29-2)10-8-14)25-26-19(27)30-11-17(28)24-12-20(21,22)23/h7-10,13,16H,3-6,11-12H2,1-2H3,(H,24,28). The van der Waals surface area contributed by atoms with Crippen LogP contribution in [-0.2, 0) is 4.79 Å². The normalized spacial score (nSPS) is 19.5. The lowest BCUT2D eigenvalue weighted by Crippen LogP contribution is -2.34. The summed E-state index contributed by atoms with van der Waals surface area (Å²) in [5.41, 5.74) is 0.870. The summed E-state index contributed by atoms with van der Waals surface area (Å²) >= 11 is 1.11. The first-order valence-corrected chi connectivity index (χ1v) is 10.8. The monoisotopic (exact) mass is 442 g/mol. The molecule has 1 aliphatic rings. The average Bonchev–Trinajstić information content (AvgIpc) is 3.14. The molecule has 3 rings (SSSR count). The number of carbonyl (C=O) groups excluding carboxylic acids is 1. The van der Waals surface area contributed by atoms with Crippen molar-refractivity contribution in [3.05, 3.63) is 24.3 Å². The Balaban J connectivity index is 1.83. The number of amides is 1. The zero-order chi connectivity index (χ0) is 21.7. The van der Waals surface area contributed by atoms with E-state index in [-0.39, 0.29) is 11.8 Å². The van der Waals surface area contributed by atoms with E-state index in [1.807, 2.05) is 34.1 Å². The van der Waals surface area contributed by atoms with Gasteiger partial charge in [-0.3, -0.25) is 9.36 Å². The van der Waals surface area contributed by atoms with Crippen LogP contribution >= 0.6 is 11.8 Å². The minimum atomic E-state index is -4.43. The number of rotatable bonds is 7. The summed E-state index contributed by atoms with van der Waals surface area (Å²) in [4.78, 5) is 11.9. The molecule has 164 valence electrons. The molecule has 30 heavy (non-hydrogen) atoms. The van der Waals surface area contributed by atoms with Crippen molar-refractivity contribution in [2.75, 3.05) is 19.4 Å². The topological polar surface area (TPSA) is 69.0 Å². The maximum atomic E-state index is 12.3. The summed E-state index contributed by atoms with van der Waals surface area (Å²) < 4.78 is 44.2. The molecule has 2 unspecified atom stereocenters. The molecule has 2 aromatic rings. The second kappa shape index (κ2) is 9.72. The van der Waals surface area contributed by atoms with Gasteiger partial charge in [0.25, 0.3) is 0 Å². The van der Waals surface area contributed by atoms with Crippen molar-refractivity contribution in [3.8, 4) is 17.1 Å². The lowest BCUT2D eigenvalue weighted by molar-refractivity contribution is -0.136. The SMILES string of the molecule is COc1ccc(-c2nnc(SCC(=O)NCC(F)(F)F)n2C2CCCCC2C)cc1. The molecule has 0 aliphatic heterocycles. The molecule has 1 N–H and O–H groups in total. The van der Waals surface area contributed by atoms with Crippen molar-refractivity contribution < 1.29 is 22.7 Å². The number of benzene rings is 1. The molecule has 1 aromatic heterocycles. The van der Waals surface area contributed by atoms with Crippen LogP contribution in [0.2, 0.25) is 0 Å². The number of hydrogen-bond acceptors (Lipinski definition) is 5. The number of carbonyl (C=O) groups is 1. The van der Waals surface area contributed by atoms with Crippen molar-refractivity contribution >= 4 is 17.7 Å². The molecule has 1 fully saturated rings. The molecule has 6 nitrogen and oxygen atoms in total. The van der Waals surface area contributed by atoms with Crippen LogP contribution < -0.4 is 10.1 Å². The van der Waals surface area contributed by atoms with Gasteiger partial charge in [0.2, 0.25) is 5.91 Å². The van der Waals surface area contributed by atoms with Crippen LogP contribution in [0.25, 0.3) is 11.4 Å². The van der Waals surface area contributed by atoms with E-state index in [9.17, 15) is 18.0 Å². The highest BCUT2D eigenvalue weighted by atomic mass is 32.2. The number of nitrogens with one attached hydrogen (secondary N) is 1. The van der Waals surface area contributed by atoms with Crippen molar-refractivity contribution in [2.45, 2.75) is 50.0 Å². The second-order valence-corrected chi connectivity index (χ2v) is 8.36. The van der Waals surface area contributed by atoms with Gasteiger partial charge in [0, 0.05) is 11.6 Å². The Labute approximate surface area is 177 Å². The fourth-order valence-electron chi connectivity index (χ4n) is 3.67. The first-order valence-electron chi connectivity index (χ1n) is 9.84. The summed E-state index contributed by atoms with van der Waals surface area (Å²) in [7, 11) is 1.60. The van der Waals surface area contributed by atoms with Crippen LogP contribution in [-0.4, -0.2) is 46.3 Å². The molecule has 1 heterocycles. The van der Waals surface area contributed by atoms with Crippen molar-refractivity contribution in [1.29, 1.82) is 0 Å². The van der Waals surface area contributed by atoms with Crippen LogP contribution in [0.4, 0.5) is 13.2 Å². The van der Waals surface area contributed by atoms with Crippen molar-refractivity contribution in [2.24, 2.45) is 5.92 Å². The minimum Gasteiger partial charge on any atom is -0.497 e. The Kier molecular flexibility index (Phi) is 7.27. The molecule has 1 amide bonds. The van der Waals surface area contributed by atoms with Crippen LogP contribution in [0, 0.1) is 5.92 Å². The average molecular weight is 443 g/mol. The van der Waals surface area contributed by atoms with E-state index >= 15 is 0 Å². The highest BCUT2D eigenvalue weighted by Crippen LogP contribution is 2.39. The number of aromatic nitrogens is 3. The van der Waals surface area contributed by atoms with E-state index in [4.69, 9.17) is 4.74 Å².